The number of hydrogen-bond donors (Lipinski definition) is 2. The number of hydrogen-bond acceptors (Lipinski definition) is 8. The van der Waals surface area contributed by atoms with Crippen molar-refractivity contribution in [2.24, 2.45) is 0 Å². The molecular weight excluding hydrogens is 424 g/mol. The van der Waals surface area contributed by atoms with Crippen molar-refractivity contribution in [3.05, 3.63) is 11.6 Å². The van der Waals surface area contributed by atoms with E-state index in [4.69, 9.17) is 23.2 Å². The first-order valence-corrected chi connectivity index (χ1v) is 10.8. The minimum atomic E-state index is -4.40. The first-order chi connectivity index (χ1) is 11.6. The Bertz CT molecular complexity index is 556. The van der Waals surface area contributed by atoms with Crippen molar-refractivity contribution in [1.29, 1.82) is 0 Å². The van der Waals surface area contributed by atoms with Gasteiger partial charge in [0, 0.05) is 6.08 Å². The zero-order chi connectivity index (χ0) is 19.7. The van der Waals surface area contributed by atoms with E-state index in [1.807, 2.05) is 0 Å². The maximum Gasteiger partial charge on any atom is 1.00 e. The Morgan fingerprint density at radius 2 is 1.15 bits per heavy atom. The summed E-state index contributed by atoms with van der Waals surface area (Å²) in [7, 11) is -8.80. The molecule has 0 saturated heterocycles. The molecule has 0 radical (unpaired) electrons. The van der Waals surface area contributed by atoms with Crippen molar-refractivity contribution in [3.8, 4) is 0 Å². The first-order valence-electron chi connectivity index (χ1n) is 7.57. The molecule has 0 bridgehead atoms. The van der Waals surface area contributed by atoms with Crippen LogP contribution in [0.5, 0.6) is 0 Å². The third-order valence-corrected chi connectivity index (χ3v) is 8.56. The smallest absolute Gasteiger partial charge is 1.00 e. The van der Waals surface area contributed by atoms with E-state index in [0.717, 1.165) is 0 Å². The average molecular weight is 450 g/mol. The van der Waals surface area contributed by atoms with Gasteiger partial charge in [-0.25, -0.2) is 9.59 Å². The number of carboxylic acid groups (broad SMARTS) is 2. The molecule has 0 aliphatic carbocycles. The van der Waals surface area contributed by atoms with Gasteiger partial charge in [-0.15, -0.1) is 0 Å². The van der Waals surface area contributed by atoms with E-state index in [9.17, 15) is 23.8 Å². The van der Waals surface area contributed by atoms with Gasteiger partial charge in [-0.3, -0.25) is 9.13 Å². The Morgan fingerprint density at radius 3 is 1.33 bits per heavy atom. The number of carbonyl (C=O) groups is 2. The molecule has 0 saturated carbocycles. The monoisotopic (exact) mass is 450 g/mol. The maximum absolute atomic E-state index is 13.2. The molecule has 10 nitrogen and oxygen atoms in total. The molecule has 150 valence electrons. The van der Waals surface area contributed by atoms with Gasteiger partial charge in [0.2, 0.25) is 0 Å². The van der Waals surface area contributed by atoms with Crippen LogP contribution < -0.4 is 59.1 Å². The van der Waals surface area contributed by atoms with E-state index >= 15 is 0 Å². The first kappa shape index (κ1) is 32.6. The van der Waals surface area contributed by atoms with Gasteiger partial charge in [-0.05, 0) is 27.7 Å². The number of aliphatic carboxylic acids is 2. The van der Waals surface area contributed by atoms with Gasteiger partial charge in [0.25, 0.3) is 0 Å². The molecule has 0 aromatic rings. The van der Waals surface area contributed by atoms with Crippen LogP contribution in [0.1, 0.15) is 30.5 Å². The molecule has 0 rings (SSSR count). The molecule has 0 heterocycles. The third-order valence-electron chi connectivity index (χ3n) is 2.64. The van der Waals surface area contributed by atoms with Crippen molar-refractivity contribution in [2.75, 3.05) is 26.4 Å². The van der Waals surface area contributed by atoms with E-state index in [0.29, 0.717) is 0 Å². The standard InChI is InChI=1S/C13H24O10P2.2Na.2H/c1-5-20-24(18,21-6-2)13(10(12(16)17)9-11(14)15)25(19,22-7-3)23-8-4;;;;/h9,13H,5-8H2,1-4H3,(H,14,15)(H,16,17);;;;/q;2*+1;2*-1/b10-9+;;;;. The van der Waals surface area contributed by atoms with Crippen LogP contribution in [0, 0.1) is 0 Å². The van der Waals surface area contributed by atoms with Crippen LogP contribution in [0.4, 0.5) is 0 Å². The minimum absolute atomic E-state index is 0. The number of carboxylic acids is 2. The van der Waals surface area contributed by atoms with E-state index < -0.39 is 38.1 Å². The molecule has 0 atom stereocenters. The molecule has 0 aromatic heterocycles. The second-order valence-electron chi connectivity index (χ2n) is 4.37. The molecule has 0 aliphatic rings. The predicted octanol–water partition coefficient (Wildman–Crippen LogP) is -2.83. The average Bonchev–Trinajstić information content (AvgIpc) is 2.46. The fourth-order valence-corrected chi connectivity index (χ4v) is 7.36. The zero-order valence-corrected chi connectivity index (χ0v) is 22.3. The summed E-state index contributed by atoms with van der Waals surface area (Å²) in [6.45, 7) is 5.23. The molecule has 0 spiro atoms. The summed E-state index contributed by atoms with van der Waals surface area (Å²) in [5, 5.41) is 16.3. The summed E-state index contributed by atoms with van der Waals surface area (Å²) >= 11 is 0. The van der Waals surface area contributed by atoms with Crippen LogP contribution in [0.25, 0.3) is 0 Å². The van der Waals surface area contributed by atoms with Crippen molar-refractivity contribution >= 4 is 27.1 Å². The third kappa shape index (κ3) is 10.0. The maximum atomic E-state index is 13.2. The van der Waals surface area contributed by atoms with Gasteiger partial charge < -0.3 is 31.2 Å². The fourth-order valence-electron chi connectivity index (χ4n) is 1.97. The van der Waals surface area contributed by atoms with Crippen LogP contribution in [-0.4, -0.2) is 54.0 Å². The quantitative estimate of drug-likeness (QED) is 0.171. The summed E-state index contributed by atoms with van der Waals surface area (Å²) in [5.41, 5.74) is -0.956. The molecule has 0 aliphatic heterocycles. The summed E-state index contributed by atoms with van der Waals surface area (Å²) in [6, 6.07) is 0. The van der Waals surface area contributed by atoms with E-state index in [-0.39, 0.29) is 94.5 Å². The SMILES string of the molecule is CCOP(=O)(OCC)C(/C(=C/C(=O)O)C(=O)O)P(=O)(OCC)OCC.[H-].[H-].[Na+].[Na+]. The Balaban J connectivity index is -0.000000480. The van der Waals surface area contributed by atoms with Gasteiger partial charge in [-0.1, -0.05) is 0 Å². The Labute approximate surface area is 206 Å². The van der Waals surface area contributed by atoms with Crippen molar-refractivity contribution in [3.63, 3.8) is 0 Å². The van der Waals surface area contributed by atoms with E-state index in [2.05, 4.69) is 0 Å². The molecular formula is C13H26Na2O10P2. The minimum Gasteiger partial charge on any atom is -1.00 e. The fraction of sp³-hybridized carbons (Fsp3) is 0.692. The molecule has 27 heavy (non-hydrogen) atoms. The summed E-state index contributed by atoms with van der Waals surface area (Å²) in [6.07, 6.45) is 0.280. The Morgan fingerprint density at radius 1 is 0.852 bits per heavy atom. The van der Waals surface area contributed by atoms with Gasteiger partial charge >= 0.3 is 86.2 Å². The predicted molar refractivity (Wildman–Crippen MR) is 91.1 cm³/mol. The Kier molecular flexibility index (Phi) is 19.1. The van der Waals surface area contributed by atoms with Gasteiger partial charge in [0.1, 0.15) is 0 Å². The molecule has 0 unspecified atom stereocenters. The van der Waals surface area contributed by atoms with E-state index in [1.54, 1.807) is 0 Å². The summed E-state index contributed by atoms with van der Waals surface area (Å²) < 4.78 is 46.7. The molecule has 14 heteroatoms. The second-order valence-corrected chi connectivity index (χ2v) is 9.00. The molecule has 2 N–H and O–H groups in total. The topological polar surface area (TPSA) is 146 Å². The summed E-state index contributed by atoms with van der Waals surface area (Å²) in [5.74, 6) is -3.40. The largest absolute Gasteiger partial charge is 1.00 e. The second kappa shape index (κ2) is 15.8. The molecule has 0 fully saturated rings. The molecule has 0 aromatic carbocycles. The normalized spacial score (nSPS) is 12.3. The van der Waals surface area contributed by atoms with Crippen LogP contribution in [0.15, 0.2) is 11.6 Å². The Hall–Kier alpha value is 0.980. The number of rotatable bonds is 13. The molecule has 0 amide bonds. The van der Waals surface area contributed by atoms with Crippen molar-refractivity contribution in [2.45, 2.75) is 33.1 Å². The van der Waals surface area contributed by atoms with Crippen molar-refractivity contribution < 1.29 is 109 Å². The summed E-state index contributed by atoms with van der Waals surface area (Å²) in [4.78, 5) is 22.6. The van der Waals surface area contributed by atoms with Gasteiger partial charge in [-0.2, -0.15) is 0 Å². The van der Waals surface area contributed by atoms with E-state index in [1.165, 1.54) is 27.7 Å². The van der Waals surface area contributed by atoms with Crippen LogP contribution in [0.3, 0.4) is 0 Å². The zero-order valence-electron chi connectivity index (χ0n) is 18.5. The van der Waals surface area contributed by atoms with Crippen LogP contribution >= 0.6 is 15.2 Å². The van der Waals surface area contributed by atoms with Crippen LogP contribution in [-0.2, 0) is 36.8 Å². The van der Waals surface area contributed by atoms with Crippen LogP contribution in [0.2, 0.25) is 0 Å². The van der Waals surface area contributed by atoms with Gasteiger partial charge in [0.05, 0.1) is 32.0 Å². The van der Waals surface area contributed by atoms with Gasteiger partial charge in [0.15, 0.2) is 5.40 Å². The van der Waals surface area contributed by atoms with Crippen molar-refractivity contribution in [1.82, 2.24) is 0 Å².